The van der Waals surface area contributed by atoms with Gasteiger partial charge in [-0.2, -0.15) is 4.98 Å². The molecule has 4 N–H and O–H groups in total. The second kappa shape index (κ2) is 6.88. The third kappa shape index (κ3) is 3.58. The van der Waals surface area contributed by atoms with Crippen LogP contribution in [0.3, 0.4) is 0 Å². The molecule has 9 nitrogen and oxygen atoms in total. The van der Waals surface area contributed by atoms with Crippen molar-refractivity contribution in [1.82, 2.24) is 9.55 Å². The number of aliphatic hydroxyl groups is 2. The van der Waals surface area contributed by atoms with E-state index in [0.717, 1.165) is 4.57 Å². The van der Waals surface area contributed by atoms with Crippen LogP contribution in [-0.4, -0.2) is 50.1 Å². The Labute approximate surface area is 139 Å². The molecule has 1 aliphatic rings. The number of ether oxygens (including phenoxy) is 2. The maximum atomic E-state index is 12.0. The van der Waals surface area contributed by atoms with Gasteiger partial charge in [0, 0.05) is 12.6 Å². The Morgan fingerprint density at radius 1 is 1.58 bits per heavy atom. The third-order valence-electron chi connectivity index (χ3n) is 3.83. The molecule has 24 heavy (non-hydrogen) atoms. The molecular weight excluding hydrogens is 318 g/mol. The molecule has 0 saturated carbocycles. The van der Waals surface area contributed by atoms with Crippen LogP contribution in [0.15, 0.2) is 17.1 Å². The van der Waals surface area contributed by atoms with E-state index in [1.54, 1.807) is 0 Å². The van der Waals surface area contributed by atoms with Gasteiger partial charge in [0.2, 0.25) is 0 Å². The molecule has 2 heterocycles. The van der Waals surface area contributed by atoms with Gasteiger partial charge in [-0.1, -0.05) is 13.8 Å². The molecule has 2 rings (SSSR count). The van der Waals surface area contributed by atoms with Gasteiger partial charge in [-0.25, -0.2) is 4.79 Å². The highest BCUT2D eigenvalue weighted by atomic mass is 16.6. The standard InChI is InChI=1S/C15H23N3O6/c1-8(2)6-11(20)24-12-9(7-19)23-13(15(12,3)22)18-5-4-10(16)17-14(18)21/h4-5,8-9,12-13,19,22H,6-7H2,1-3H3,(H2,16,17,21)/t9-,12?,13-,15?/m1/s1. The zero-order chi connectivity index (χ0) is 18.1. The Bertz CT molecular complexity index is 657. The molecule has 4 atom stereocenters. The van der Waals surface area contributed by atoms with Crippen LogP contribution in [0.4, 0.5) is 5.82 Å². The number of nitrogen functional groups attached to an aromatic ring is 1. The van der Waals surface area contributed by atoms with Crippen LogP contribution in [0.2, 0.25) is 0 Å². The van der Waals surface area contributed by atoms with Gasteiger partial charge in [-0.05, 0) is 18.9 Å². The number of nitrogens with two attached hydrogens (primary N) is 1. The monoisotopic (exact) mass is 341 g/mol. The van der Waals surface area contributed by atoms with Crippen molar-refractivity contribution in [3.63, 3.8) is 0 Å². The molecule has 1 aromatic heterocycles. The topological polar surface area (TPSA) is 137 Å². The summed E-state index contributed by atoms with van der Waals surface area (Å²) in [6, 6.07) is 1.38. The largest absolute Gasteiger partial charge is 0.456 e. The smallest absolute Gasteiger partial charge is 0.351 e. The summed E-state index contributed by atoms with van der Waals surface area (Å²) in [4.78, 5) is 27.5. The molecule has 1 fully saturated rings. The van der Waals surface area contributed by atoms with E-state index in [9.17, 15) is 19.8 Å². The van der Waals surface area contributed by atoms with E-state index in [0.29, 0.717) is 0 Å². The first-order chi connectivity index (χ1) is 11.2. The highest BCUT2D eigenvalue weighted by molar-refractivity contribution is 5.70. The lowest BCUT2D eigenvalue weighted by molar-refractivity contribution is -0.165. The highest BCUT2D eigenvalue weighted by Crippen LogP contribution is 2.39. The summed E-state index contributed by atoms with van der Waals surface area (Å²) in [5.41, 5.74) is 3.00. The van der Waals surface area contributed by atoms with Crippen molar-refractivity contribution in [1.29, 1.82) is 0 Å². The van der Waals surface area contributed by atoms with Crippen LogP contribution < -0.4 is 11.4 Å². The minimum Gasteiger partial charge on any atom is -0.456 e. The van der Waals surface area contributed by atoms with Gasteiger partial charge in [0.25, 0.3) is 0 Å². The fourth-order valence-corrected chi connectivity index (χ4v) is 2.70. The average molecular weight is 341 g/mol. The van der Waals surface area contributed by atoms with Gasteiger partial charge >= 0.3 is 11.7 Å². The van der Waals surface area contributed by atoms with Crippen LogP contribution in [-0.2, 0) is 14.3 Å². The van der Waals surface area contributed by atoms with Gasteiger partial charge in [0.05, 0.1) is 6.61 Å². The zero-order valence-electron chi connectivity index (χ0n) is 13.9. The molecule has 134 valence electrons. The molecule has 0 aliphatic carbocycles. The number of nitrogens with zero attached hydrogens (tertiary/aromatic N) is 2. The molecule has 1 aromatic rings. The second-order valence-electron chi connectivity index (χ2n) is 6.49. The summed E-state index contributed by atoms with van der Waals surface area (Å²) in [7, 11) is 0. The number of hydrogen-bond acceptors (Lipinski definition) is 8. The van der Waals surface area contributed by atoms with Gasteiger partial charge in [-0.15, -0.1) is 0 Å². The molecule has 0 radical (unpaired) electrons. The molecule has 0 amide bonds. The van der Waals surface area contributed by atoms with Gasteiger partial charge in [0.1, 0.15) is 17.5 Å². The average Bonchev–Trinajstić information content (AvgIpc) is 2.70. The Balaban J connectivity index is 2.30. The minimum absolute atomic E-state index is 0.0347. The van der Waals surface area contributed by atoms with Crippen molar-refractivity contribution in [3.05, 3.63) is 22.7 Å². The molecule has 0 bridgehead atoms. The van der Waals surface area contributed by atoms with Crippen molar-refractivity contribution in [3.8, 4) is 0 Å². The first kappa shape index (κ1) is 18.4. The second-order valence-corrected chi connectivity index (χ2v) is 6.49. The van der Waals surface area contributed by atoms with Crippen LogP contribution >= 0.6 is 0 Å². The lowest BCUT2D eigenvalue weighted by atomic mass is 9.96. The fourth-order valence-electron chi connectivity index (χ4n) is 2.70. The predicted molar refractivity (Wildman–Crippen MR) is 83.9 cm³/mol. The van der Waals surface area contributed by atoms with Crippen molar-refractivity contribution in [2.24, 2.45) is 5.92 Å². The lowest BCUT2D eigenvalue weighted by Crippen LogP contribution is -2.48. The predicted octanol–water partition coefficient (Wildman–Crippen LogP) is -0.576. The maximum absolute atomic E-state index is 12.0. The summed E-state index contributed by atoms with van der Waals surface area (Å²) >= 11 is 0. The summed E-state index contributed by atoms with van der Waals surface area (Å²) in [6.07, 6.45) is -1.77. The van der Waals surface area contributed by atoms with E-state index in [1.165, 1.54) is 19.2 Å². The van der Waals surface area contributed by atoms with Crippen molar-refractivity contribution in [2.75, 3.05) is 12.3 Å². The van der Waals surface area contributed by atoms with E-state index in [1.807, 2.05) is 13.8 Å². The first-order valence-corrected chi connectivity index (χ1v) is 7.69. The molecule has 2 unspecified atom stereocenters. The Hall–Kier alpha value is -1.97. The van der Waals surface area contributed by atoms with E-state index in [-0.39, 0.29) is 18.2 Å². The quantitative estimate of drug-likeness (QED) is 0.605. The lowest BCUT2D eigenvalue weighted by Gasteiger charge is -2.30. The Morgan fingerprint density at radius 3 is 2.79 bits per heavy atom. The third-order valence-corrected chi connectivity index (χ3v) is 3.83. The van der Waals surface area contributed by atoms with Gasteiger partial charge < -0.3 is 25.4 Å². The maximum Gasteiger partial charge on any atom is 0.351 e. The highest BCUT2D eigenvalue weighted by Gasteiger charge is 2.56. The van der Waals surface area contributed by atoms with E-state index >= 15 is 0 Å². The zero-order valence-corrected chi connectivity index (χ0v) is 13.9. The number of aliphatic hydroxyl groups excluding tert-OH is 1. The fraction of sp³-hybridized carbons (Fsp3) is 0.667. The SMILES string of the molecule is CC(C)CC(=O)OC1[C@@H](CO)O[C@@H](n2ccc(N)nc2=O)C1(C)O. The van der Waals surface area contributed by atoms with Crippen molar-refractivity contribution in [2.45, 2.75) is 51.2 Å². The Kier molecular flexibility index (Phi) is 5.26. The summed E-state index contributed by atoms with van der Waals surface area (Å²) in [6.45, 7) is 4.61. The number of carbonyl (C=O) groups excluding carboxylic acids is 1. The molecule has 9 heteroatoms. The van der Waals surface area contributed by atoms with Crippen LogP contribution in [0.1, 0.15) is 33.4 Å². The molecule has 0 spiro atoms. The summed E-state index contributed by atoms with van der Waals surface area (Å²) in [5, 5.41) is 20.3. The number of hydrogen-bond donors (Lipinski definition) is 3. The summed E-state index contributed by atoms with van der Waals surface area (Å²) < 4.78 is 11.9. The Morgan fingerprint density at radius 2 is 2.25 bits per heavy atom. The molecule has 1 saturated heterocycles. The molecular formula is C15H23N3O6. The summed E-state index contributed by atoms with van der Waals surface area (Å²) in [5.74, 6) is -0.398. The number of rotatable bonds is 5. The normalized spacial score (nSPS) is 29.8. The van der Waals surface area contributed by atoms with Gasteiger partial charge in [-0.3, -0.25) is 9.36 Å². The number of esters is 1. The van der Waals surface area contributed by atoms with Crippen molar-refractivity contribution >= 4 is 11.8 Å². The van der Waals surface area contributed by atoms with Crippen LogP contribution in [0, 0.1) is 5.92 Å². The number of carbonyl (C=O) groups is 1. The van der Waals surface area contributed by atoms with Gasteiger partial charge in [0.15, 0.2) is 12.3 Å². The number of anilines is 1. The first-order valence-electron chi connectivity index (χ1n) is 7.69. The van der Waals surface area contributed by atoms with Crippen LogP contribution in [0.25, 0.3) is 0 Å². The van der Waals surface area contributed by atoms with E-state index in [4.69, 9.17) is 15.2 Å². The molecule has 0 aromatic carbocycles. The van der Waals surface area contributed by atoms with Crippen molar-refractivity contribution < 1.29 is 24.5 Å². The van der Waals surface area contributed by atoms with E-state index < -0.39 is 42.3 Å². The number of aromatic nitrogens is 2. The molecule has 1 aliphatic heterocycles. The van der Waals surface area contributed by atoms with Crippen LogP contribution in [0.5, 0.6) is 0 Å². The minimum atomic E-state index is -1.73. The van der Waals surface area contributed by atoms with E-state index in [2.05, 4.69) is 4.98 Å².